The van der Waals surface area contributed by atoms with E-state index >= 15 is 0 Å². The summed E-state index contributed by atoms with van der Waals surface area (Å²) in [6.07, 6.45) is -3.06. The van der Waals surface area contributed by atoms with Crippen LogP contribution in [0.5, 0.6) is 0 Å². The van der Waals surface area contributed by atoms with Gasteiger partial charge in [0.1, 0.15) is 11.9 Å². The predicted molar refractivity (Wildman–Crippen MR) is 81.1 cm³/mol. The number of ether oxygens (including phenoxy) is 1. The quantitative estimate of drug-likeness (QED) is 0.832. The minimum absolute atomic E-state index is 0.0959. The Bertz CT molecular complexity index is 508. The molecule has 0 aromatic rings. The Kier molecular flexibility index (Phi) is 5.73. The number of alkyl carbamates (subject to hydrolysis) is 1. The van der Waals surface area contributed by atoms with E-state index in [1.807, 2.05) is 13.8 Å². The summed E-state index contributed by atoms with van der Waals surface area (Å²) >= 11 is 0. The number of alkyl halides is 2. The summed E-state index contributed by atoms with van der Waals surface area (Å²) in [5, 5.41) is 5.71. The van der Waals surface area contributed by atoms with Gasteiger partial charge >= 0.3 is 6.09 Å². The van der Waals surface area contributed by atoms with E-state index < -0.39 is 36.2 Å². The van der Waals surface area contributed by atoms with E-state index in [0.717, 1.165) is 6.08 Å². The van der Waals surface area contributed by atoms with Crippen molar-refractivity contribution < 1.29 is 22.7 Å². The van der Waals surface area contributed by atoms with Crippen molar-refractivity contribution in [3.8, 4) is 0 Å². The van der Waals surface area contributed by atoms with Crippen LogP contribution in [0.25, 0.3) is 0 Å². The molecule has 1 fully saturated rings. The summed E-state index contributed by atoms with van der Waals surface area (Å²) in [7, 11) is 0. The molecule has 7 heteroatoms. The van der Waals surface area contributed by atoms with Gasteiger partial charge in [0, 0.05) is 19.0 Å². The van der Waals surface area contributed by atoms with Gasteiger partial charge in [0.25, 0.3) is 0 Å². The van der Waals surface area contributed by atoms with E-state index in [2.05, 4.69) is 10.6 Å². The molecular formula is C16H23F3N2O2. The zero-order valence-corrected chi connectivity index (χ0v) is 13.5. The molecule has 2 rings (SSSR count). The average Bonchev–Trinajstić information content (AvgIpc) is 2.90. The third-order valence-electron chi connectivity index (χ3n) is 4.37. The van der Waals surface area contributed by atoms with Crippen molar-refractivity contribution in [1.29, 1.82) is 0 Å². The van der Waals surface area contributed by atoms with Crippen molar-refractivity contribution in [3.05, 3.63) is 23.6 Å². The van der Waals surface area contributed by atoms with E-state index in [-0.39, 0.29) is 17.6 Å². The Morgan fingerprint density at radius 3 is 2.57 bits per heavy atom. The highest BCUT2D eigenvalue weighted by atomic mass is 19.2. The van der Waals surface area contributed by atoms with Crippen LogP contribution >= 0.6 is 0 Å². The largest absolute Gasteiger partial charge is 0.446 e. The van der Waals surface area contributed by atoms with Crippen molar-refractivity contribution in [3.63, 3.8) is 0 Å². The van der Waals surface area contributed by atoms with Crippen LogP contribution < -0.4 is 10.6 Å². The Hall–Kier alpha value is -1.50. The number of rotatable bonds is 4. The maximum atomic E-state index is 14.0. The van der Waals surface area contributed by atoms with Crippen LogP contribution in [0.3, 0.4) is 0 Å². The fourth-order valence-corrected chi connectivity index (χ4v) is 2.62. The van der Waals surface area contributed by atoms with Gasteiger partial charge in [0.15, 0.2) is 12.3 Å². The molecule has 1 heterocycles. The predicted octanol–water partition coefficient (Wildman–Crippen LogP) is 2.81. The zero-order chi connectivity index (χ0) is 17.1. The minimum atomic E-state index is -1.96. The second kappa shape index (κ2) is 7.38. The lowest BCUT2D eigenvalue weighted by atomic mass is 9.88. The molecule has 0 radical (unpaired) electrons. The molecule has 4 nitrogen and oxygen atoms in total. The molecule has 2 aliphatic rings. The average molecular weight is 332 g/mol. The van der Waals surface area contributed by atoms with Crippen LogP contribution in [0, 0.1) is 11.8 Å². The lowest BCUT2D eigenvalue weighted by Gasteiger charge is -2.26. The Labute approximate surface area is 134 Å². The molecule has 1 aliphatic carbocycles. The first-order valence-electron chi connectivity index (χ1n) is 7.85. The molecule has 1 amide bonds. The molecule has 5 atom stereocenters. The second-order valence-electron chi connectivity index (χ2n) is 6.40. The van der Waals surface area contributed by atoms with Crippen molar-refractivity contribution in [1.82, 2.24) is 10.6 Å². The first kappa shape index (κ1) is 17.8. The molecule has 5 unspecified atom stereocenters. The van der Waals surface area contributed by atoms with Crippen LogP contribution in [0.4, 0.5) is 18.0 Å². The summed E-state index contributed by atoms with van der Waals surface area (Å²) < 4.78 is 45.9. The van der Waals surface area contributed by atoms with E-state index in [0.29, 0.717) is 19.2 Å². The molecule has 0 bridgehead atoms. The molecule has 130 valence electrons. The van der Waals surface area contributed by atoms with Gasteiger partial charge in [-0.25, -0.2) is 18.0 Å². The lowest BCUT2D eigenvalue weighted by molar-refractivity contribution is 0.0790. The first-order valence-corrected chi connectivity index (χ1v) is 7.85. The minimum Gasteiger partial charge on any atom is -0.446 e. The van der Waals surface area contributed by atoms with Crippen LogP contribution in [0.15, 0.2) is 23.6 Å². The Morgan fingerprint density at radius 2 is 1.91 bits per heavy atom. The number of carbonyl (C=O) groups excluding carboxylic acids is 1. The number of hydrogen-bond acceptors (Lipinski definition) is 3. The number of nitrogens with one attached hydrogen (secondary N) is 2. The molecule has 0 spiro atoms. The third-order valence-corrected chi connectivity index (χ3v) is 4.37. The van der Waals surface area contributed by atoms with Crippen molar-refractivity contribution in [2.24, 2.45) is 11.8 Å². The number of carbonyl (C=O) groups is 1. The Balaban J connectivity index is 2.02. The van der Waals surface area contributed by atoms with Crippen LogP contribution in [0.2, 0.25) is 0 Å². The Morgan fingerprint density at radius 1 is 1.26 bits per heavy atom. The number of halogens is 3. The highest BCUT2D eigenvalue weighted by Crippen LogP contribution is 2.32. The molecule has 2 N–H and O–H groups in total. The van der Waals surface area contributed by atoms with Crippen LogP contribution in [-0.4, -0.2) is 43.7 Å². The fourth-order valence-electron chi connectivity index (χ4n) is 2.62. The molecular weight excluding hydrogens is 309 g/mol. The van der Waals surface area contributed by atoms with Gasteiger partial charge in [0.2, 0.25) is 0 Å². The topological polar surface area (TPSA) is 50.4 Å². The monoisotopic (exact) mass is 332 g/mol. The summed E-state index contributed by atoms with van der Waals surface area (Å²) in [6, 6.07) is -0.435. The standard InChI is InChI=1S/C16H23F3N2O2/c1-8(2)9(3)23-16(22)21-15-7-20-6-11(15)10-4-13(18)14(19)5-12(10)17/h4-5,8-9,11,13-15,20H,6-7H2,1-3H3,(H,21,22). The van der Waals surface area contributed by atoms with Gasteiger partial charge in [-0.3, -0.25) is 0 Å². The molecule has 23 heavy (non-hydrogen) atoms. The number of hydrogen-bond donors (Lipinski definition) is 2. The van der Waals surface area contributed by atoms with E-state index in [1.54, 1.807) is 6.92 Å². The van der Waals surface area contributed by atoms with Crippen molar-refractivity contribution >= 4 is 6.09 Å². The summed E-state index contributed by atoms with van der Waals surface area (Å²) in [5.74, 6) is -1.05. The number of amides is 1. The number of allylic oxidation sites excluding steroid dienone is 3. The van der Waals surface area contributed by atoms with Gasteiger partial charge in [-0.05, 0) is 30.6 Å². The van der Waals surface area contributed by atoms with Gasteiger partial charge in [-0.15, -0.1) is 0 Å². The molecule has 0 saturated carbocycles. The second-order valence-corrected chi connectivity index (χ2v) is 6.40. The summed E-state index contributed by atoms with van der Waals surface area (Å²) in [5.41, 5.74) is 0.0959. The summed E-state index contributed by atoms with van der Waals surface area (Å²) in [6.45, 7) is 6.44. The molecule has 1 aliphatic heterocycles. The van der Waals surface area contributed by atoms with Gasteiger partial charge < -0.3 is 15.4 Å². The van der Waals surface area contributed by atoms with Gasteiger partial charge in [-0.2, -0.15) is 0 Å². The molecule has 0 aromatic heterocycles. The maximum absolute atomic E-state index is 14.0. The van der Waals surface area contributed by atoms with Crippen molar-refractivity contribution in [2.45, 2.75) is 45.3 Å². The normalized spacial score (nSPS) is 32.3. The van der Waals surface area contributed by atoms with E-state index in [9.17, 15) is 18.0 Å². The highest BCUT2D eigenvalue weighted by Gasteiger charge is 2.36. The molecule has 0 aromatic carbocycles. The van der Waals surface area contributed by atoms with Gasteiger partial charge in [0.05, 0.1) is 6.04 Å². The molecule has 1 saturated heterocycles. The SMILES string of the molecule is CC(C)C(C)OC(=O)NC1CNCC1C1=CC(F)C(F)C=C1F. The fraction of sp³-hybridized carbons (Fsp3) is 0.688. The highest BCUT2D eigenvalue weighted by molar-refractivity contribution is 5.68. The van der Waals surface area contributed by atoms with Crippen LogP contribution in [-0.2, 0) is 4.74 Å². The van der Waals surface area contributed by atoms with E-state index in [4.69, 9.17) is 4.74 Å². The maximum Gasteiger partial charge on any atom is 0.407 e. The third kappa shape index (κ3) is 4.28. The van der Waals surface area contributed by atoms with Gasteiger partial charge in [-0.1, -0.05) is 13.8 Å². The smallest absolute Gasteiger partial charge is 0.407 e. The lowest BCUT2D eigenvalue weighted by Crippen LogP contribution is -2.43. The first-order chi connectivity index (χ1) is 10.8. The van der Waals surface area contributed by atoms with E-state index in [1.165, 1.54) is 0 Å². The van der Waals surface area contributed by atoms with Crippen molar-refractivity contribution in [2.75, 3.05) is 13.1 Å². The zero-order valence-electron chi connectivity index (χ0n) is 13.5. The van der Waals surface area contributed by atoms with Crippen LogP contribution in [0.1, 0.15) is 20.8 Å². The summed E-state index contributed by atoms with van der Waals surface area (Å²) in [4.78, 5) is 11.9.